The average molecular weight is 557 g/mol. The second kappa shape index (κ2) is 12.8. The minimum Gasteiger partial charge on any atom is -0.352 e. The van der Waals surface area contributed by atoms with Gasteiger partial charge < -0.3 is 10.2 Å². The maximum atomic E-state index is 13.7. The highest BCUT2D eigenvalue weighted by Gasteiger charge is 2.32. The largest absolute Gasteiger partial charge is 0.352 e. The molecule has 0 bridgehead atoms. The monoisotopic (exact) mass is 555 g/mol. The summed E-state index contributed by atoms with van der Waals surface area (Å²) < 4.78 is 26.6. The van der Waals surface area contributed by atoms with Gasteiger partial charge >= 0.3 is 0 Å². The van der Waals surface area contributed by atoms with E-state index in [1.807, 2.05) is 33.8 Å². The SMILES string of the molecule is CC[C@@H](C)NC(=O)[C@H](CC)N(Cc1ccc(Cl)c(Cl)c1)C(=O)CN(c1ccc(C)cc1C)S(C)(=O)=O. The quantitative estimate of drug-likeness (QED) is 0.418. The van der Waals surface area contributed by atoms with E-state index in [2.05, 4.69) is 5.32 Å². The highest BCUT2D eigenvalue weighted by atomic mass is 35.5. The predicted octanol–water partition coefficient (Wildman–Crippen LogP) is 5.10. The van der Waals surface area contributed by atoms with Gasteiger partial charge in [0.05, 0.1) is 22.0 Å². The number of carbonyl (C=O) groups is 2. The third kappa shape index (κ3) is 7.85. The fourth-order valence-corrected chi connectivity index (χ4v) is 5.10. The molecule has 10 heteroatoms. The normalized spacial score (nSPS) is 13.1. The first kappa shape index (κ1) is 29.9. The van der Waals surface area contributed by atoms with E-state index in [1.165, 1.54) is 4.90 Å². The highest BCUT2D eigenvalue weighted by Crippen LogP contribution is 2.26. The molecule has 0 aliphatic heterocycles. The zero-order valence-corrected chi connectivity index (χ0v) is 24.0. The van der Waals surface area contributed by atoms with Gasteiger partial charge in [-0.15, -0.1) is 0 Å². The van der Waals surface area contributed by atoms with Crippen LogP contribution in [0.2, 0.25) is 10.0 Å². The molecular formula is C26H35Cl2N3O4S. The van der Waals surface area contributed by atoms with Gasteiger partial charge in [-0.1, -0.05) is 60.8 Å². The number of nitrogens with zero attached hydrogens (tertiary/aromatic N) is 2. The van der Waals surface area contributed by atoms with E-state index in [4.69, 9.17) is 23.2 Å². The number of benzene rings is 2. The minimum absolute atomic E-state index is 0.0621. The summed E-state index contributed by atoms with van der Waals surface area (Å²) in [6, 6.07) is 9.47. The summed E-state index contributed by atoms with van der Waals surface area (Å²) >= 11 is 12.2. The molecule has 0 saturated heterocycles. The first-order valence-corrected chi connectivity index (χ1v) is 14.5. The van der Waals surface area contributed by atoms with Crippen molar-refractivity contribution in [2.45, 2.75) is 66.1 Å². The molecule has 36 heavy (non-hydrogen) atoms. The molecule has 198 valence electrons. The lowest BCUT2D eigenvalue weighted by atomic mass is 10.1. The molecule has 0 unspecified atom stereocenters. The Balaban J connectivity index is 2.50. The average Bonchev–Trinajstić information content (AvgIpc) is 2.79. The van der Waals surface area contributed by atoms with Crippen molar-refractivity contribution in [1.82, 2.24) is 10.2 Å². The predicted molar refractivity (Wildman–Crippen MR) is 147 cm³/mol. The third-order valence-corrected chi connectivity index (χ3v) is 7.89. The number of aryl methyl sites for hydroxylation is 2. The van der Waals surface area contributed by atoms with Gasteiger partial charge in [-0.3, -0.25) is 13.9 Å². The smallest absolute Gasteiger partial charge is 0.244 e. The van der Waals surface area contributed by atoms with Crippen LogP contribution in [0.5, 0.6) is 0 Å². The standard InChI is InChI=1S/C26H35Cl2N3O4S/c1-7-19(5)29-26(33)23(8-2)30(15-20-10-11-21(27)22(28)14-20)25(32)16-31(36(6,34)35)24-12-9-17(3)13-18(24)4/h9-14,19,23H,7-8,15-16H2,1-6H3,(H,29,33)/t19-,23+/m1/s1. The van der Waals surface area contributed by atoms with Crippen LogP contribution in [-0.2, 0) is 26.2 Å². The number of rotatable bonds is 11. The Morgan fingerprint density at radius 1 is 1.00 bits per heavy atom. The van der Waals surface area contributed by atoms with Crippen LogP contribution >= 0.6 is 23.2 Å². The molecule has 2 rings (SSSR count). The van der Waals surface area contributed by atoms with Crippen molar-refractivity contribution in [2.75, 3.05) is 17.1 Å². The van der Waals surface area contributed by atoms with Crippen LogP contribution in [0.25, 0.3) is 0 Å². The van der Waals surface area contributed by atoms with E-state index < -0.39 is 28.5 Å². The van der Waals surface area contributed by atoms with Gasteiger partial charge in [0.25, 0.3) is 0 Å². The Bertz CT molecular complexity index is 1200. The van der Waals surface area contributed by atoms with Crippen molar-refractivity contribution in [1.29, 1.82) is 0 Å². The summed E-state index contributed by atoms with van der Waals surface area (Å²) in [5, 5.41) is 3.64. The van der Waals surface area contributed by atoms with E-state index in [-0.39, 0.29) is 18.5 Å². The van der Waals surface area contributed by atoms with Crippen molar-refractivity contribution in [3.63, 3.8) is 0 Å². The molecule has 0 saturated carbocycles. The highest BCUT2D eigenvalue weighted by molar-refractivity contribution is 7.92. The number of sulfonamides is 1. The Hall–Kier alpha value is -2.29. The molecule has 0 radical (unpaired) electrons. The number of carbonyl (C=O) groups excluding carboxylic acids is 2. The Morgan fingerprint density at radius 2 is 1.67 bits per heavy atom. The Kier molecular flexibility index (Phi) is 10.6. The number of hydrogen-bond donors (Lipinski definition) is 1. The van der Waals surface area contributed by atoms with Gasteiger partial charge in [-0.05, 0) is 62.9 Å². The molecule has 0 spiro atoms. The van der Waals surface area contributed by atoms with Crippen LogP contribution in [0.15, 0.2) is 36.4 Å². The van der Waals surface area contributed by atoms with Gasteiger partial charge in [-0.2, -0.15) is 0 Å². The van der Waals surface area contributed by atoms with Gasteiger partial charge in [0.2, 0.25) is 21.8 Å². The number of hydrogen-bond acceptors (Lipinski definition) is 4. The van der Waals surface area contributed by atoms with Crippen LogP contribution in [0.1, 0.15) is 50.3 Å². The molecule has 0 heterocycles. The fourth-order valence-electron chi connectivity index (χ4n) is 3.88. The Labute approximate surface area is 224 Å². The molecule has 0 aliphatic carbocycles. The van der Waals surface area contributed by atoms with Crippen LogP contribution in [0.4, 0.5) is 5.69 Å². The topological polar surface area (TPSA) is 86.8 Å². The van der Waals surface area contributed by atoms with Crippen molar-refractivity contribution >= 4 is 50.7 Å². The van der Waals surface area contributed by atoms with Gasteiger partial charge in [0.1, 0.15) is 12.6 Å². The lowest BCUT2D eigenvalue weighted by molar-refractivity contribution is -0.140. The summed E-state index contributed by atoms with van der Waals surface area (Å²) in [6.45, 7) is 8.98. The molecule has 2 amide bonds. The Morgan fingerprint density at radius 3 is 2.19 bits per heavy atom. The summed E-state index contributed by atoms with van der Waals surface area (Å²) in [4.78, 5) is 28.3. The minimum atomic E-state index is -3.80. The first-order valence-electron chi connectivity index (χ1n) is 11.9. The van der Waals surface area contributed by atoms with Crippen LogP contribution in [0.3, 0.4) is 0 Å². The number of halogens is 2. The second-order valence-corrected chi connectivity index (χ2v) is 11.8. The van der Waals surface area contributed by atoms with Gasteiger partial charge in [0.15, 0.2) is 0 Å². The summed E-state index contributed by atoms with van der Waals surface area (Å²) in [7, 11) is -3.80. The molecule has 7 nitrogen and oxygen atoms in total. The molecule has 2 aromatic rings. The van der Waals surface area contributed by atoms with Crippen molar-refractivity contribution in [3.05, 3.63) is 63.1 Å². The maximum absolute atomic E-state index is 13.7. The van der Waals surface area contributed by atoms with Crippen LogP contribution in [0, 0.1) is 13.8 Å². The molecule has 0 fully saturated rings. The number of nitrogens with one attached hydrogen (secondary N) is 1. The van der Waals surface area contributed by atoms with E-state index >= 15 is 0 Å². The van der Waals surface area contributed by atoms with Gasteiger partial charge in [0, 0.05) is 12.6 Å². The number of amides is 2. The summed E-state index contributed by atoms with van der Waals surface area (Å²) in [6.07, 6.45) is 2.14. The second-order valence-electron chi connectivity index (χ2n) is 9.07. The van der Waals surface area contributed by atoms with E-state index in [0.29, 0.717) is 27.7 Å². The van der Waals surface area contributed by atoms with Crippen LogP contribution in [-0.4, -0.2) is 50.0 Å². The molecule has 0 aromatic heterocycles. The van der Waals surface area contributed by atoms with Crippen molar-refractivity contribution in [3.8, 4) is 0 Å². The van der Waals surface area contributed by atoms with Crippen LogP contribution < -0.4 is 9.62 Å². The van der Waals surface area contributed by atoms with Crippen molar-refractivity contribution in [2.24, 2.45) is 0 Å². The molecule has 1 N–H and O–H groups in total. The fraction of sp³-hybridized carbons (Fsp3) is 0.462. The molecule has 0 aliphatic rings. The molecule has 2 atom stereocenters. The third-order valence-electron chi connectivity index (χ3n) is 6.02. The summed E-state index contributed by atoms with van der Waals surface area (Å²) in [5.74, 6) is -0.796. The lowest BCUT2D eigenvalue weighted by Gasteiger charge is -2.33. The van der Waals surface area contributed by atoms with Gasteiger partial charge in [-0.25, -0.2) is 8.42 Å². The first-order chi connectivity index (χ1) is 16.8. The zero-order valence-electron chi connectivity index (χ0n) is 21.6. The number of anilines is 1. The zero-order chi connectivity index (χ0) is 27.2. The van der Waals surface area contributed by atoms with E-state index in [9.17, 15) is 18.0 Å². The van der Waals surface area contributed by atoms with E-state index in [0.717, 1.165) is 28.1 Å². The van der Waals surface area contributed by atoms with Crippen molar-refractivity contribution < 1.29 is 18.0 Å². The maximum Gasteiger partial charge on any atom is 0.244 e. The lowest BCUT2D eigenvalue weighted by Crippen LogP contribution is -2.53. The summed E-state index contributed by atoms with van der Waals surface area (Å²) in [5.41, 5.74) is 2.80. The van der Waals surface area contributed by atoms with E-state index in [1.54, 1.807) is 37.3 Å². The molecular weight excluding hydrogens is 521 g/mol. The molecule has 2 aromatic carbocycles.